The number of hydrogen-bond acceptors (Lipinski definition) is 2. The molecule has 0 aromatic heterocycles. The fourth-order valence-electron chi connectivity index (χ4n) is 0.554. The molecule has 3 heteroatoms. The molecule has 0 saturated heterocycles. The Kier molecular flexibility index (Phi) is 3.18. The first-order chi connectivity index (χ1) is 4.04. The number of nitrogens with one attached hydrogen (secondary N) is 1. The van der Waals surface area contributed by atoms with Crippen LogP contribution in [-0.4, -0.2) is 15.2 Å². The van der Waals surface area contributed by atoms with E-state index in [1.807, 2.05) is 20.8 Å². The predicted molar refractivity (Wildman–Crippen MR) is 41.2 cm³/mol. The Labute approximate surface area is 57.6 Å². The summed E-state index contributed by atoms with van der Waals surface area (Å²) >= 11 is 0. The molecule has 9 heavy (non-hydrogen) atoms. The topological polar surface area (TPSA) is 40.9 Å². The lowest BCUT2D eigenvalue weighted by molar-refractivity contribution is 0.661. The molecule has 0 heterocycles. The Bertz CT molecular complexity index is 160. The molecular formula is C6H15NOS. The zero-order chi connectivity index (χ0) is 7.49. The predicted octanol–water partition coefficient (Wildman–Crippen LogP) is 1.85. The minimum absolute atomic E-state index is 0.0579. The highest BCUT2D eigenvalue weighted by Crippen LogP contribution is 2.05. The van der Waals surface area contributed by atoms with Gasteiger partial charge in [-0.2, -0.15) is 0 Å². The molecule has 0 fully saturated rings. The summed E-state index contributed by atoms with van der Waals surface area (Å²) in [5.74, 6) is 0.488. The fourth-order valence-corrected chi connectivity index (χ4v) is 1.66. The molecule has 0 aliphatic carbocycles. The van der Waals surface area contributed by atoms with Crippen molar-refractivity contribution in [1.29, 1.82) is 4.78 Å². The van der Waals surface area contributed by atoms with Gasteiger partial charge in [0.25, 0.3) is 0 Å². The van der Waals surface area contributed by atoms with Gasteiger partial charge in [0, 0.05) is 20.7 Å². The van der Waals surface area contributed by atoms with Crippen molar-refractivity contribution in [1.82, 2.24) is 0 Å². The molecular weight excluding hydrogens is 134 g/mol. The summed E-state index contributed by atoms with van der Waals surface area (Å²) in [6.07, 6.45) is 0.843. The Morgan fingerprint density at radius 3 is 2.11 bits per heavy atom. The van der Waals surface area contributed by atoms with Crippen molar-refractivity contribution in [3.63, 3.8) is 0 Å². The average Bonchev–Trinajstić information content (AvgIpc) is 1.86. The Balaban J connectivity index is 4.17. The van der Waals surface area contributed by atoms with E-state index in [2.05, 4.69) is 0 Å². The maximum atomic E-state index is 11.2. The second kappa shape index (κ2) is 3.20. The summed E-state index contributed by atoms with van der Waals surface area (Å²) in [4.78, 5) is 0. The molecule has 0 aromatic rings. The summed E-state index contributed by atoms with van der Waals surface area (Å²) in [5.41, 5.74) is 0. The van der Waals surface area contributed by atoms with Crippen LogP contribution in [0.15, 0.2) is 0 Å². The van der Waals surface area contributed by atoms with E-state index in [0.29, 0.717) is 5.75 Å². The average molecular weight is 149 g/mol. The molecule has 0 radical (unpaired) electrons. The van der Waals surface area contributed by atoms with Crippen molar-refractivity contribution in [3.8, 4) is 0 Å². The van der Waals surface area contributed by atoms with E-state index in [1.54, 1.807) is 0 Å². The van der Waals surface area contributed by atoms with Crippen LogP contribution in [0.1, 0.15) is 27.2 Å². The molecule has 0 amide bonds. The highest BCUT2D eigenvalue weighted by molar-refractivity contribution is 7.92. The third-order valence-corrected chi connectivity index (χ3v) is 4.14. The van der Waals surface area contributed by atoms with Gasteiger partial charge in [-0.3, -0.25) is 4.78 Å². The van der Waals surface area contributed by atoms with Gasteiger partial charge in [-0.25, -0.2) is 4.21 Å². The summed E-state index contributed by atoms with van der Waals surface area (Å²) in [7, 11) is -2.25. The van der Waals surface area contributed by atoms with Gasteiger partial charge in [0.05, 0.1) is 0 Å². The molecule has 0 aliphatic rings. The maximum Gasteiger partial charge on any atom is 0.0465 e. The van der Waals surface area contributed by atoms with Crippen molar-refractivity contribution >= 4 is 9.73 Å². The van der Waals surface area contributed by atoms with Gasteiger partial charge in [-0.15, -0.1) is 0 Å². The van der Waals surface area contributed by atoms with Gasteiger partial charge in [0.2, 0.25) is 0 Å². The van der Waals surface area contributed by atoms with Crippen LogP contribution in [0.2, 0.25) is 0 Å². The van der Waals surface area contributed by atoms with Crippen LogP contribution < -0.4 is 0 Å². The van der Waals surface area contributed by atoms with Crippen molar-refractivity contribution in [3.05, 3.63) is 0 Å². The molecule has 0 bridgehead atoms. The zero-order valence-electron chi connectivity index (χ0n) is 6.31. The third-order valence-electron chi connectivity index (χ3n) is 1.65. The first-order valence-corrected chi connectivity index (χ1v) is 5.09. The number of rotatable bonds is 3. The Morgan fingerprint density at radius 1 is 1.56 bits per heavy atom. The molecule has 56 valence electrons. The van der Waals surface area contributed by atoms with Crippen molar-refractivity contribution in [2.45, 2.75) is 32.4 Å². The van der Waals surface area contributed by atoms with Crippen LogP contribution in [-0.2, 0) is 9.73 Å². The first-order valence-electron chi connectivity index (χ1n) is 3.29. The van der Waals surface area contributed by atoms with Crippen LogP contribution in [0.5, 0.6) is 0 Å². The van der Waals surface area contributed by atoms with Crippen molar-refractivity contribution in [2.75, 3.05) is 5.75 Å². The van der Waals surface area contributed by atoms with Gasteiger partial charge < -0.3 is 0 Å². The SMILES string of the molecule is CCC(C)S(=N)(=O)CC. The lowest BCUT2D eigenvalue weighted by Crippen LogP contribution is -2.16. The summed E-state index contributed by atoms with van der Waals surface area (Å²) in [6.45, 7) is 5.65. The van der Waals surface area contributed by atoms with E-state index >= 15 is 0 Å². The molecule has 0 aromatic carbocycles. The van der Waals surface area contributed by atoms with Gasteiger partial charge in [0.1, 0.15) is 0 Å². The van der Waals surface area contributed by atoms with Crippen LogP contribution in [0.25, 0.3) is 0 Å². The lowest BCUT2D eigenvalue weighted by atomic mass is 10.4. The van der Waals surface area contributed by atoms with E-state index in [-0.39, 0.29) is 5.25 Å². The molecule has 2 unspecified atom stereocenters. The molecule has 2 atom stereocenters. The lowest BCUT2D eigenvalue weighted by Gasteiger charge is -2.10. The standard InChI is InChI=1S/C6H15NOS/c1-4-6(3)9(7,8)5-2/h6-7H,4-5H2,1-3H3. The second-order valence-electron chi connectivity index (χ2n) is 2.23. The van der Waals surface area contributed by atoms with Gasteiger partial charge in [0.15, 0.2) is 0 Å². The van der Waals surface area contributed by atoms with E-state index in [9.17, 15) is 4.21 Å². The van der Waals surface area contributed by atoms with E-state index in [1.165, 1.54) is 0 Å². The highest BCUT2D eigenvalue weighted by atomic mass is 32.2. The van der Waals surface area contributed by atoms with E-state index < -0.39 is 9.73 Å². The largest absolute Gasteiger partial charge is 0.253 e. The van der Waals surface area contributed by atoms with E-state index in [0.717, 1.165) is 6.42 Å². The van der Waals surface area contributed by atoms with Crippen LogP contribution in [0.4, 0.5) is 0 Å². The fraction of sp³-hybridized carbons (Fsp3) is 1.00. The molecule has 0 saturated carbocycles. The van der Waals surface area contributed by atoms with Gasteiger partial charge >= 0.3 is 0 Å². The maximum absolute atomic E-state index is 11.2. The van der Waals surface area contributed by atoms with Gasteiger partial charge in [-0.05, 0) is 13.3 Å². The van der Waals surface area contributed by atoms with Gasteiger partial charge in [-0.1, -0.05) is 13.8 Å². The first kappa shape index (κ1) is 8.95. The zero-order valence-corrected chi connectivity index (χ0v) is 7.12. The normalized spacial score (nSPS) is 20.8. The Hall–Kier alpha value is -0.0500. The van der Waals surface area contributed by atoms with Crippen LogP contribution >= 0.6 is 0 Å². The molecule has 0 spiro atoms. The summed E-state index contributed by atoms with van der Waals surface area (Å²) < 4.78 is 18.5. The third kappa shape index (κ3) is 2.35. The quantitative estimate of drug-likeness (QED) is 0.653. The van der Waals surface area contributed by atoms with Crippen LogP contribution in [0, 0.1) is 4.78 Å². The molecule has 0 aliphatic heterocycles. The summed E-state index contributed by atoms with van der Waals surface area (Å²) in [6, 6.07) is 0. The second-order valence-corrected chi connectivity index (χ2v) is 5.07. The number of hydrogen-bond donors (Lipinski definition) is 1. The molecule has 0 rings (SSSR count). The van der Waals surface area contributed by atoms with Crippen LogP contribution in [0.3, 0.4) is 0 Å². The molecule has 1 N–H and O–H groups in total. The minimum atomic E-state index is -2.25. The Morgan fingerprint density at radius 2 is 2.00 bits per heavy atom. The minimum Gasteiger partial charge on any atom is -0.253 e. The van der Waals surface area contributed by atoms with Crippen molar-refractivity contribution < 1.29 is 4.21 Å². The summed E-state index contributed by atoms with van der Waals surface area (Å²) in [5, 5.41) is 0.0579. The smallest absolute Gasteiger partial charge is 0.0465 e. The molecule has 2 nitrogen and oxygen atoms in total. The van der Waals surface area contributed by atoms with E-state index in [4.69, 9.17) is 4.78 Å². The highest BCUT2D eigenvalue weighted by Gasteiger charge is 2.10. The monoisotopic (exact) mass is 149 g/mol. The van der Waals surface area contributed by atoms with Crippen molar-refractivity contribution in [2.24, 2.45) is 0 Å².